The van der Waals surface area contributed by atoms with Gasteiger partial charge in [0, 0.05) is 5.92 Å². The van der Waals surface area contributed by atoms with E-state index >= 15 is 0 Å². The molecule has 1 N–H and O–H groups in total. The lowest BCUT2D eigenvalue weighted by molar-refractivity contribution is 0.475. The second kappa shape index (κ2) is 5.48. The number of allylic oxidation sites excluding steroid dienone is 2. The third-order valence-corrected chi connectivity index (χ3v) is 2.37. The van der Waals surface area contributed by atoms with Gasteiger partial charge in [-0.1, -0.05) is 38.1 Å². The molecule has 1 heteroatoms. The van der Waals surface area contributed by atoms with Crippen LogP contribution in [-0.4, -0.2) is 5.11 Å². The van der Waals surface area contributed by atoms with Crippen molar-refractivity contribution in [3.05, 3.63) is 42.0 Å². The molecule has 0 unspecified atom stereocenters. The first-order chi connectivity index (χ1) is 6.77. The van der Waals surface area contributed by atoms with Crippen LogP contribution in [0.15, 0.2) is 36.4 Å². The van der Waals surface area contributed by atoms with Gasteiger partial charge in [-0.3, -0.25) is 0 Å². The normalized spacial score (nSPS) is 13.3. The first-order valence-electron chi connectivity index (χ1n) is 5.23. The second-order valence-electron chi connectivity index (χ2n) is 3.44. The van der Waals surface area contributed by atoms with Gasteiger partial charge in [0.1, 0.15) is 5.75 Å². The quantitative estimate of drug-likeness (QED) is 0.715. The van der Waals surface area contributed by atoms with Crippen molar-refractivity contribution in [2.75, 3.05) is 0 Å². The first kappa shape index (κ1) is 10.8. The average molecular weight is 190 g/mol. The Labute approximate surface area is 86.1 Å². The summed E-state index contributed by atoms with van der Waals surface area (Å²) in [6, 6.07) is 7.47. The summed E-state index contributed by atoms with van der Waals surface area (Å²) < 4.78 is 0. The summed E-state index contributed by atoms with van der Waals surface area (Å²) in [5, 5.41) is 9.17. The minimum Gasteiger partial charge on any atom is -0.508 e. The molecule has 0 saturated carbocycles. The molecule has 14 heavy (non-hydrogen) atoms. The van der Waals surface area contributed by atoms with E-state index in [9.17, 15) is 0 Å². The molecule has 0 aliphatic heterocycles. The first-order valence-corrected chi connectivity index (χ1v) is 5.23. The van der Waals surface area contributed by atoms with Crippen LogP contribution < -0.4 is 0 Å². The van der Waals surface area contributed by atoms with Crippen molar-refractivity contribution in [2.45, 2.75) is 32.6 Å². The fraction of sp³-hybridized carbons (Fsp3) is 0.385. The predicted octanol–water partition coefficient (Wildman–Crippen LogP) is 3.85. The number of rotatable bonds is 4. The molecule has 0 bridgehead atoms. The zero-order valence-electron chi connectivity index (χ0n) is 8.90. The lowest BCUT2D eigenvalue weighted by Crippen LogP contribution is -1.92. The van der Waals surface area contributed by atoms with Crippen LogP contribution in [0.4, 0.5) is 0 Å². The molecule has 1 atom stereocenters. The Morgan fingerprint density at radius 3 is 2.36 bits per heavy atom. The summed E-state index contributed by atoms with van der Waals surface area (Å²) >= 11 is 0. The van der Waals surface area contributed by atoms with Crippen LogP contribution in [-0.2, 0) is 0 Å². The number of benzene rings is 1. The Hall–Kier alpha value is -1.24. The zero-order valence-corrected chi connectivity index (χ0v) is 8.90. The smallest absolute Gasteiger partial charge is 0.115 e. The molecule has 1 aromatic rings. The average Bonchev–Trinajstić information content (AvgIpc) is 2.21. The second-order valence-corrected chi connectivity index (χ2v) is 3.44. The van der Waals surface area contributed by atoms with E-state index in [1.807, 2.05) is 12.1 Å². The maximum absolute atomic E-state index is 9.17. The van der Waals surface area contributed by atoms with Crippen LogP contribution in [0.3, 0.4) is 0 Å². The van der Waals surface area contributed by atoms with Gasteiger partial charge in [-0.05, 0) is 30.5 Å². The van der Waals surface area contributed by atoms with Gasteiger partial charge < -0.3 is 5.11 Å². The number of aromatic hydroxyl groups is 1. The molecule has 1 rings (SSSR count). The molecule has 0 aromatic heterocycles. The summed E-state index contributed by atoms with van der Waals surface area (Å²) in [6.45, 7) is 4.32. The SMILES string of the molecule is CC/C=C/[C@H](CC)c1ccc(O)cc1. The number of phenolic OH excluding ortho intramolecular Hbond substituents is 1. The molecule has 0 spiro atoms. The van der Waals surface area contributed by atoms with Crippen LogP contribution in [0.5, 0.6) is 5.75 Å². The van der Waals surface area contributed by atoms with Gasteiger partial charge in [-0.25, -0.2) is 0 Å². The summed E-state index contributed by atoms with van der Waals surface area (Å²) in [5.74, 6) is 0.818. The molecule has 0 aliphatic rings. The Bertz CT molecular complexity index is 285. The van der Waals surface area contributed by atoms with Crippen molar-refractivity contribution in [1.82, 2.24) is 0 Å². The van der Waals surface area contributed by atoms with Gasteiger partial charge in [-0.2, -0.15) is 0 Å². The summed E-state index contributed by atoms with van der Waals surface area (Å²) in [4.78, 5) is 0. The molecule has 0 radical (unpaired) electrons. The number of hydrogen-bond donors (Lipinski definition) is 1. The molecule has 0 aliphatic carbocycles. The van der Waals surface area contributed by atoms with E-state index in [1.54, 1.807) is 12.1 Å². The van der Waals surface area contributed by atoms with Gasteiger partial charge >= 0.3 is 0 Å². The highest BCUT2D eigenvalue weighted by Gasteiger charge is 2.04. The van der Waals surface area contributed by atoms with E-state index in [4.69, 9.17) is 5.11 Å². The van der Waals surface area contributed by atoms with Crippen molar-refractivity contribution in [3.8, 4) is 5.75 Å². The van der Waals surface area contributed by atoms with Gasteiger partial charge in [0.25, 0.3) is 0 Å². The third kappa shape index (κ3) is 2.91. The maximum Gasteiger partial charge on any atom is 0.115 e. The largest absolute Gasteiger partial charge is 0.508 e. The maximum atomic E-state index is 9.17. The Kier molecular flexibility index (Phi) is 4.24. The monoisotopic (exact) mass is 190 g/mol. The van der Waals surface area contributed by atoms with Gasteiger partial charge in [0.2, 0.25) is 0 Å². The number of phenols is 1. The molecule has 0 amide bonds. The molecular formula is C13H18O. The lowest BCUT2D eigenvalue weighted by Gasteiger charge is -2.10. The van der Waals surface area contributed by atoms with E-state index in [-0.39, 0.29) is 0 Å². The highest BCUT2D eigenvalue weighted by atomic mass is 16.3. The standard InChI is InChI=1S/C13H18O/c1-3-5-6-11(4-2)12-7-9-13(14)10-8-12/h5-11,14H,3-4H2,1-2H3/b6-5+/t11-/m0/s1. The summed E-state index contributed by atoms with van der Waals surface area (Å²) in [6.07, 6.45) is 6.61. The van der Waals surface area contributed by atoms with Gasteiger partial charge in [0.05, 0.1) is 0 Å². The topological polar surface area (TPSA) is 20.2 Å². The van der Waals surface area contributed by atoms with Crippen molar-refractivity contribution < 1.29 is 5.11 Å². The molecule has 0 fully saturated rings. The molecule has 76 valence electrons. The van der Waals surface area contributed by atoms with E-state index in [0.717, 1.165) is 12.8 Å². The van der Waals surface area contributed by atoms with E-state index in [0.29, 0.717) is 11.7 Å². The molecule has 0 saturated heterocycles. The summed E-state index contributed by atoms with van der Waals surface area (Å²) in [7, 11) is 0. The third-order valence-electron chi connectivity index (χ3n) is 2.37. The zero-order chi connectivity index (χ0) is 10.4. The van der Waals surface area contributed by atoms with E-state index in [1.165, 1.54) is 5.56 Å². The van der Waals surface area contributed by atoms with Crippen LogP contribution in [0.25, 0.3) is 0 Å². The fourth-order valence-corrected chi connectivity index (χ4v) is 1.50. The van der Waals surface area contributed by atoms with E-state index < -0.39 is 0 Å². The minimum atomic E-state index is 0.336. The Balaban J connectivity index is 2.78. The van der Waals surface area contributed by atoms with Crippen molar-refractivity contribution in [1.29, 1.82) is 0 Å². The van der Waals surface area contributed by atoms with Crippen LogP contribution in [0.2, 0.25) is 0 Å². The van der Waals surface area contributed by atoms with Crippen LogP contribution in [0, 0.1) is 0 Å². The van der Waals surface area contributed by atoms with Crippen LogP contribution >= 0.6 is 0 Å². The highest BCUT2D eigenvalue weighted by molar-refractivity contribution is 5.30. The number of hydrogen-bond acceptors (Lipinski definition) is 1. The lowest BCUT2D eigenvalue weighted by atomic mass is 9.96. The highest BCUT2D eigenvalue weighted by Crippen LogP contribution is 2.22. The predicted molar refractivity (Wildman–Crippen MR) is 60.6 cm³/mol. The summed E-state index contributed by atoms with van der Waals surface area (Å²) in [5.41, 5.74) is 1.27. The fourth-order valence-electron chi connectivity index (χ4n) is 1.50. The van der Waals surface area contributed by atoms with Crippen LogP contribution in [0.1, 0.15) is 38.2 Å². The van der Waals surface area contributed by atoms with Crippen molar-refractivity contribution in [2.24, 2.45) is 0 Å². The Morgan fingerprint density at radius 2 is 1.86 bits per heavy atom. The van der Waals surface area contributed by atoms with Gasteiger partial charge in [-0.15, -0.1) is 0 Å². The molecular weight excluding hydrogens is 172 g/mol. The molecule has 1 aromatic carbocycles. The van der Waals surface area contributed by atoms with Crippen molar-refractivity contribution in [3.63, 3.8) is 0 Å². The minimum absolute atomic E-state index is 0.336. The van der Waals surface area contributed by atoms with E-state index in [2.05, 4.69) is 26.0 Å². The molecule has 1 nitrogen and oxygen atoms in total. The van der Waals surface area contributed by atoms with Crippen molar-refractivity contribution >= 4 is 0 Å². The van der Waals surface area contributed by atoms with Gasteiger partial charge in [0.15, 0.2) is 0 Å². The Morgan fingerprint density at radius 1 is 1.21 bits per heavy atom. The molecule has 0 heterocycles.